The van der Waals surface area contributed by atoms with E-state index in [0.717, 1.165) is 35.0 Å². The Labute approximate surface area is 140 Å². The number of aryl methyl sites for hydroxylation is 2. The highest BCUT2D eigenvalue weighted by atomic mass is 19.1. The van der Waals surface area contributed by atoms with E-state index in [9.17, 15) is 9.18 Å². The minimum absolute atomic E-state index is 0.212. The van der Waals surface area contributed by atoms with Gasteiger partial charge < -0.3 is 9.73 Å². The van der Waals surface area contributed by atoms with Gasteiger partial charge in [-0.2, -0.15) is 0 Å². The molecule has 0 atom stereocenters. The molecule has 0 unspecified atom stereocenters. The topological polar surface area (TPSA) is 46.8 Å². The molecule has 0 bridgehead atoms. The maximum atomic E-state index is 12.9. The monoisotopic (exact) mass is 326 g/mol. The average molecular weight is 326 g/mol. The molecule has 0 spiro atoms. The molecule has 24 heavy (non-hydrogen) atoms. The summed E-state index contributed by atoms with van der Waals surface area (Å²) in [5.74, 6) is -0.212. The van der Waals surface area contributed by atoms with Crippen LogP contribution in [0.4, 0.5) is 4.39 Å². The molecule has 1 heterocycles. The van der Waals surface area contributed by atoms with Crippen LogP contribution < -0.4 is 10.9 Å². The summed E-state index contributed by atoms with van der Waals surface area (Å²) in [7, 11) is 0. The van der Waals surface area contributed by atoms with E-state index in [2.05, 4.69) is 18.3 Å². The molecule has 3 rings (SSSR count). The van der Waals surface area contributed by atoms with Gasteiger partial charge in [-0.15, -0.1) is 0 Å². The normalized spacial score (nSPS) is 11.1. The lowest BCUT2D eigenvalue weighted by molar-refractivity contribution is -0.670. The van der Waals surface area contributed by atoms with Gasteiger partial charge in [0, 0.05) is 23.4 Å². The van der Waals surface area contributed by atoms with Crippen LogP contribution >= 0.6 is 0 Å². The minimum atomic E-state index is -0.312. The Morgan fingerprint density at radius 1 is 1.04 bits per heavy atom. The van der Waals surface area contributed by atoms with E-state index < -0.39 is 0 Å². The van der Waals surface area contributed by atoms with Crippen LogP contribution in [0.15, 0.2) is 51.7 Å². The third-order valence-electron chi connectivity index (χ3n) is 4.36. The standard InChI is InChI=1S/C20H20FNO2/c1-13-9-18-16(11-20(23)24-19(18)10-14(13)2)12-22-8-7-15-3-5-17(21)6-4-15/h3-6,9-11,22H,7-8,12H2,1-2H3/p+1. The van der Waals surface area contributed by atoms with Crippen molar-refractivity contribution in [3.05, 3.63) is 81.0 Å². The largest absolute Gasteiger partial charge is 0.423 e. The van der Waals surface area contributed by atoms with Gasteiger partial charge in [-0.05, 0) is 54.8 Å². The molecule has 2 aromatic carbocycles. The number of halogens is 1. The van der Waals surface area contributed by atoms with E-state index in [-0.39, 0.29) is 11.4 Å². The SMILES string of the molecule is Cc1cc2oc(=O)cc(C[NH2+]CCc3ccc(F)cc3)c2cc1C. The summed E-state index contributed by atoms with van der Waals surface area (Å²) in [6.45, 7) is 5.65. The maximum absolute atomic E-state index is 12.9. The summed E-state index contributed by atoms with van der Waals surface area (Å²) in [4.78, 5) is 11.8. The van der Waals surface area contributed by atoms with Crippen molar-refractivity contribution in [1.82, 2.24) is 0 Å². The summed E-state index contributed by atoms with van der Waals surface area (Å²) in [5.41, 5.74) is 4.73. The molecule has 0 saturated heterocycles. The van der Waals surface area contributed by atoms with Crippen molar-refractivity contribution in [3.63, 3.8) is 0 Å². The fourth-order valence-electron chi connectivity index (χ4n) is 2.83. The highest BCUT2D eigenvalue weighted by Gasteiger charge is 2.09. The van der Waals surface area contributed by atoms with Gasteiger partial charge in [0.2, 0.25) is 0 Å². The number of hydrogen-bond acceptors (Lipinski definition) is 2. The molecular formula is C20H21FNO2+. The smallest absolute Gasteiger partial charge is 0.336 e. The predicted molar refractivity (Wildman–Crippen MR) is 92.6 cm³/mol. The first-order valence-corrected chi connectivity index (χ1v) is 8.13. The second-order valence-electron chi connectivity index (χ2n) is 6.18. The summed E-state index contributed by atoms with van der Waals surface area (Å²) >= 11 is 0. The van der Waals surface area contributed by atoms with Gasteiger partial charge in [0.15, 0.2) is 0 Å². The van der Waals surface area contributed by atoms with E-state index in [1.54, 1.807) is 6.07 Å². The molecule has 0 amide bonds. The minimum Gasteiger partial charge on any atom is -0.423 e. The summed E-state index contributed by atoms with van der Waals surface area (Å²) in [5, 5.41) is 3.16. The fraction of sp³-hybridized carbons (Fsp3) is 0.250. The van der Waals surface area contributed by atoms with Crippen LogP contribution in [-0.4, -0.2) is 6.54 Å². The van der Waals surface area contributed by atoms with Crippen LogP contribution in [0.5, 0.6) is 0 Å². The second-order valence-corrected chi connectivity index (χ2v) is 6.18. The van der Waals surface area contributed by atoms with E-state index in [1.165, 1.54) is 17.7 Å². The van der Waals surface area contributed by atoms with Crippen molar-refractivity contribution in [1.29, 1.82) is 0 Å². The molecule has 3 aromatic rings. The van der Waals surface area contributed by atoms with E-state index >= 15 is 0 Å². The van der Waals surface area contributed by atoms with Crippen molar-refractivity contribution in [2.75, 3.05) is 6.54 Å². The maximum Gasteiger partial charge on any atom is 0.336 e. The average Bonchev–Trinajstić information content (AvgIpc) is 2.55. The summed E-state index contributed by atoms with van der Waals surface area (Å²) < 4.78 is 18.2. The predicted octanol–water partition coefficient (Wildman–Crippen LogP) is 2.86. The van der Waals surface area contributed by atoms with E-state index in [0.29, 0.717) is 12.1 Å². The molecule has 2 N–H and O–H groups in total. The first kappa shape index (κ1) is 16.4. The first-order chi connectivity index (χ1) is 11.5. The zero-order valence-corrected chi connectivity index (χ0v) is 13.9. The van der Waals surface area contributed by atoms with Crippen molar-refractivity contribution < 1.29 is 14.1 Å². The van der Waals surface area contributed by atoms with Crippen LogP contribution in [0, 0.1) is 19.7 Å². The molecule has 3 nitrogen and oxygen atoms in total. The van der Waals surface area contributed by atoms with E-state index in [1.807, 2.05) is 25.1 Å². The van der Waals surface area contributed by atoms with Crippen molar-refractivity contribution in [2.45, 2.75) is 26.8 Å². The highest BCUT2D eigenvalue weighted by Crippen LogP contribution is 2.21. The molecule has 0 aliphatic heterocycles. The molecule has 0 aliphatic rings. The molecule has 124 valence electrons. The van der Waals surface area contributed by atoms with Gasteiger partial charge >= 0.3 is 5.63 Å². The lowest BCUT2D eigenvalue weighted by Gasteiger charge is -2.08. The Morgan fingerprint density at radius 2 is 1.75 bits per heavy atom. The third kappa shape index (κ3) is 3.71. The molecule has 4 heteroatoms. The van der Waals surface area contributed by atoms with Crippen LogP contribution in [0.25, 0.3) is 11.0 Å². The molecule has 0 fully saturated rings. The van der Waals surface area contributed by atoms with E-state index in [4.69, 9.17) is 4.42 Å². The molecule has 0 radical (unpaired) electrons. The van der Waals surface area contributed by atoms with Gasteiger partial charge in [0.1, 0.15) is 17.9 Å². The lowest BCUT2D eigenvalue weighted by atomic mass is 10.0. The number of quaternary nitrogens is 1. The number of fused-ring (bicyclic) bond motifs is 1. The third-order valence-corrected chi connectivity index (χ3v) is 4.36. The Bertz CT molecular complexity index is 913. The number of rotatable bonds is 5. The number of benzene rings is 2. The van der Waals surface area contributed by atoms with Gasteiger partial charge in [0.25, 0.3) is 0 Å². The fourth-order valence-corrected chi connectivity index (χ4v) is 2.83. The Morgan fingerprint density at radius 3 is 2.50 bits per heavy atom. The summed E-state index contributed by atoms with van der Waals surface area (Å²) in [6, 6.07) is 12.2. The zero-order valence-electron chi connectivity index (χ0n) is 13.9. The molecule has 0 saturated carbocycles. The van der Waals surface area contributed by atoms with Crippen LogP contribution in [0.1, 0.15) is 22.3 Å². The van der Waals surface area contributed by atoms with Gasteiger partial charge in [-0.25, -0.2) is 9.18 Å². The Balaban J connectivity index is 1.71. The van der Waals surface area contributed by atoms with Crippen LogP contribution in [0.3, 0.4) is 0 Å². The summed E-state index contributed by atoms with van der Waals surface area (Å²) in [6.07, 6.45) is 0.859. The van der Waals surface area contributed by atoms with Gasteiger partial charge in [-0.1, -0.05) is 12.1 Å². The van der Waals surface area contributed by atoms with Gasteiger partial charge in [0.05, 0.1) is 6.54 Å². The number of nitrogens with two attached hydrogens (primary N) is 1. The number of hydrogen-bond donors (Lipinski definition) is 1. The van der Waals surface area contributed by atoms with Crippen LogP contribution in [-0.2, 0) is 13.0 Å². The van der Waals surface area contributed by atoms with Crippen molar-refractivity contribution in [2.24, 2.45) is 0 Å². The van der Waals surface area contributed by atoms with Gasteiger partial charge in [-0.3, -0.25) is 0 Å². The molecule has 1 aromatic heterocycles. The zero-order chi connectivity index (χ0) is 17.1. The van der Waals surface area contributed by atoms with Crippen molar-refractivity contribution >= 4 is 11.0 Å². The van der Waals surface area contributed by atoms with Crippen molar-refractivity contribution in [3.8, 4) is 0 Å². The van der Waals surface area contributed by atoms with Crippen LogP contribution in [0.2, 0.25) is 0 Å². The quantitative estimate of drug-likeness (QED) is 0.579. The Kier molecular flexibility index (Phi) is 4.76. The molecule has 0 aliphatic carbocycles. The Hall–Kier alpha value is -2.46. The second kappa shape index (κ2) is 6.97. The molecular weight excluding hydrogens is 305 g/mol. The highest BCUT2D eigenvalue weighted by molar-refractivity contribution is 5.81. The first-order valence-electron chi connectivity index (χ1n) is 8.13. The lowest BCUT2D eigenvalue weighted by Crippen LogP contribution is -2.83.